The van der Waals surface area contributed by atoms with Crippen LogP contribution in [0.15, 0.2) is 42.5 Å². The van der Waals surface area contributed by atoms with Gasteiger partial charge in [-0.3, -0.25) is 4.79 Å². The van der Waals surface area contributed by atoms with Gasteiger partial charge in [0.05, 0.1) is 19.3 Å². The molecule has 0 aromatic heterocycles. The first kappa shape index (κ1) is 22.8. The lowest BCUT2D eigenvalue weighted by molar-refractivity contribution is -0.104. The summed E-state index contributed by atoms with van der Waals surface area (Å²) in [4.78, 5) is 10.7. The second-order valence-corrected chi connectivity index (χ2v) is 13.5. The maximum absolute atomic E-state index is 10.7. The molecule has 0 aliphatic rings. The van der Waals surface area contributed by atoms with Gasteiger partial charge in [-0.2, -0.15) is 0 Å². The smallest absolute Gasteiger partial charge is 0.192 e. The maximum Gasteiger partial charge on any atom is 0.192 e. The molecule has 0 saturated heterocycles. The number of carbonyl (C=O) groups excluding carboxylic acids is 1. The molecule has 0 bridgehead atoms. The fraction of sp³-hybridized carbons (Fsp3) is 0.591. The lowest BCUT2D eigenvalue weighted by Gasteiger charge is -2.42. The zero-order valence-electron chi connectivity index (χ0n) is 17.5. The summed E-state index contributed by atoms with van der Waals surface area (Å²) >= 11 is 0. The summed E-state index contributed by atoms with van der Waals surface area (Å²) in [6.07, 6.45) is 4.38. The topological polar surface area (TPSA) is 35.5 Å². The summed E-state index contributed by atoms with van der Waals surface area (Å²) < 4.78 is 12.7. The Balaban J connectivity index is 2.79. The van der Waals surface area contributed by atoms with Crippen molar-refractivity contribution in [2.24, 2.45) is 11.8 Å². The summed E-state index contributed by atoms with van der Waals surface area (Å²) in [7, 11) is -1.91. The quantitative estimate of drug-likeness (QED) is 0.302. The molecular weight excluding hydrogens is 340 g/mol. The van der Waals surface area contributed by atoms with Crippen LogP contribution in [0.2, 0.25) is 18.1 Å². The lowest BCUT2D eigenvalue weighted by atomic mass is 9.93. The Bertz CT molecular complexity index is 561. The van der Waals surface area contributed by atoms with Crippen LogP contribution in [-0.4, -0.2) is 27.3 Å². The van der Waals surface area contributed by atoms with Gasteiger partial charge in [-0.15, -0.1) is 0 Å². The first-order valence-corrected chi connectivity index (χ1v) is 12.4. The van der Waals surface area contributed by atoms with Gasteiger partial charge in [-0.1, -0.05) is 71.0 Å². The van der Waals surface area contributed by atoms with E-state index in [1.165, 1.54) is 5.56 Å². The minimum absolute atomic E-state index is 0.0304. The standard InChI is InChI=1S/C22H36O3Si/c1-18(12-11-15-23)21(25-26(6,7)22(3,4)5)19(2)16-24-17-20-13-9-8-10-14-20/h8-15,18-19,21H,16-17H2,1-7H3/b12-11+/t18-,19-,21+/m0/s1. The largest absolute Gasteiger partial charge is 0.413 e. The van der Waals surface area contributed by atoms with Gasteiger partial charge in [0.1, 0.15) is 6.29 Å². The third-order valence-corrected chi connectivity index (χ3v) is 9.78. The van der Waals surface area contributed by atoms with Crippen LogP contribution in [0.25, 0.3) is 0 Å². The van der Waals surface area contributed by atoms with Gasteiger partial charge >= 0.3 is 0 Å². The normalized spacial score (nSPS) is 16.4. The molecule has 3 atom stereocenters. The van der Waals surface area contributed by atoms with Crippen molar-refractivity contribution in [1.82, 2.24) is 0 Å². The minimum atomic E-state index is -1.91. The summed E-state index contributed by atoms with van der Waals surface area (Å²) in [6, 6.07) is 10.2. The van der Waals surface area contributed by atoms with Crippen LogP contribution in [0.5, 0.6) is 0 Å². The van der Waals surface area contributed by atoms with Crippen molar-refractivity contribution < 1.29 is 14.0 Å². The molecular formula is C22H36O3Si. The van der Waals surface area contributed by atoms with E-state index in [-0.39, 0.29) is 23.0 Å². The molecule has 4 heteroatoms. The Morgan fingerprint density at radius 2 is 1.73 bits per heavy atom. The molecule has 146 valence electrons. The van der Waals surface area contributed by atoms with Gasteiger partial charge < -0.3 is 9.16 Å². The highest BCUT2D eigenvalue weighted by molar-refractivity contribution is 6.74. The predicted octanol–water partition coefficient (Wildman–Crippen LogP) is 5.62. The number of carbonyl (C=O) groups is 1. The van der Waals surface area contributed by atoms with Crippen molar-refractivity contribution in [2.45, 2.75) is 65.5 Å². The SMILES string of the molecule is C[C@@H](/C=C/C=O)[C@@H](O[Si](C)(C)C(C)(C)C)[C@@H](C)COCc1ccccc1. The average molecular weight is 377 g/mol. The van der Waals surface area contributed by atoms with Crippen molar-refractivity contribution in [3.8, 4) is 0 Å². The van der Waals surface area contributed by atoms with E-state index in [9.17, 15) is 4.79 Å². The van der Waals surface area contributed by atoms with Crippen molar-refractivity contribution in [1.29, 1.82) is 0 Å². The number of hydrogen-bond donors (Lipinski definition) is 0. The van der Waals surface area contributed by atoms with Crippen molar-refractivity contribution in [3.05, 3.63) is 48.0 Å². The van der Waals surface area contributed by atoms with Crippen LogP contribution in [0, 0.1) is 11.8 Å². The van der Waals surface area contributed by atoms with E-state index in [1.54, 1.807) is 6.08 Å². The van der Waals surface area contributed by atoms with Gasteiger partial charge in [-0.25, -0.2) is 0 Å². The van der Waals surface area contributed by atoms with Crippen LogP contribution in [0.1, 0.15) is 40.2 Å². The highest BCUT2D eigenvalue weighted by Crippen LogP contribution is 2.39. The molecule has 0 radical (unpaired) electrons. The van der Waals surface area contributed by atoms with Gasteiger partial charge in [-0.05, 0) is 35.7 Å². The number of benzene rings is 1. The molecule has 0 aliphatic carbocycles. The summed E-state index contributed by atoms with van der Waals surface area (Å²) in [5.74, 6) is 0.392. The zero-order chi connectivity index (χ0) is 19.8. The van der Waals surface area contributed by atoms with Crippen molar-refractivity contribution in [3.63, 3.8) is 0 Å². The van der Waals surface area contributed by atoms with Crippen LogP contribution in [0.3, 0.4) is 0 Å². The van der Waals surface area contributed by atoms with Crippen LogP contribution in [0.4, 0.5) is 0 Å². The Labute approximate surface area is 160 Å². The highest BCUT2D eigenvalue weighted by atomic mass is 28.4. The van der Waals surface area contributed by atoms with Crippen LogP contribution in [-0.2, 0) is 20.6 Å². The Morgan fingerprint density at radius 1 is 1.12 bits per heavy atom. The van der Waals surface area contributed by atoms with Gasteiger partial charge in [0.25, 0.3) is 0 Å². The number of hydrogen-bond acceptors (Lipinski definition) is 3. The molecule has 0 unspecified atom stereocenters. The molecule has 1 aromatic rings. The number of allylic oxidation sites excluding steroid dienone is 1. The molecule has 0 fully saturated rings. The third kappa shape index (κ3) is 7.18. The Morgan fingerprint density at radius 3 is 2.27 bits per heavy atom. The van der Waals surface area contributed by atoms with E-state index in [1.807, 2.05) is 24.3 Å². The molecule has 0 N–H and O–H groups in total. The zero-order valence-corrected chi connectivity index (χ0v) is 18.5. The van der Waals surface area contributed by atoms with E-state index in [4.69, 9.17) is 9.16 Å². The summed E-state index contributed by atoms with van der Waals surface area (Å²) in [5.41, 5.74) is 1.18. The maximum atomic E-state index is 10.7. The highest BCUT2D eigenvalue weighted by Gasteiger charge is 2.41. The number of aldehydes is 1. The molecule has 0 heterocycles. The van der Waals surface area contributed by atoms with E-state index in [0.29, 0.717) is 13.2 Å². The van der Waals surface area contributed by atoms with Gasteiger partial charge in [0.2, 0.25) is 0 Å². The molecule has 0 amide bonds. The predicted molar refractivity (Wildman–Crippen MR) is 112 cm³/mol. The minimum Gasteiger partial charge on any atom is -0.413 e. The molecule has 1 rings (SSSR count). The van der Waals surface area contributed by atoms with Crippen LogP contribution < -0.4 is 0 Å². The molecule has 1 aromatic carbocycles. The monoisotopic (exact) mass is 376 g/mol. The van der Waals surface area contributed by atoms with Gasteiger partial charge in [0.15, 0.2) is 8.32 Å². The van der Waals surface area contributed by atoms with E-state index in [0.717, 1.165) is 6.29 Å². The molecule has 0 aliphatic heterocycles. The second-order valence-electron chi connectivity index (χ2n) is 8.70. The van der Waals surface area contributed by atoms with Crippen LogP contribution >= 0.6 is 0 Å². The van der Waals surface area contributed by atoms with Crippen molar-refractivity contribution in [2.75, 3.05) is 6.61 Å². The van der Waals surface area contributed by atoms with E-state index in [2.05, 4.69) is 59.8 Å². The van der Waals surface area contributed by atoms with E-state index >= 15 is 0 Å². The summed E-state index contributed by atoms with van der Waals surface area (Å²) in [5, 5.41) is 0.143. The molecule has 0 spiro atoms. The molecule has 0 saturated carbocycles. The third-order valence-electron chi connectivity index (χ3n) is 5.30. The summed E-state index contributed by atoms with van der Waals surface area (Å²) in [6.45, 7) is 16.8. The Kier molecular flexibility index (Phi) is 8.94. The number of ether oxygens (including phenoxy) is 1. The van der Waals surface area contributed by atoms with E-state index < -0.39 is 8.32 Å². The van der Waals surface area contributed by atoms with Crippen molar-refractivity contribution >= 4 is 14.6 Å². The first-order valence-electron chi connectivity index (χ1n) is 9.50. The molecule has 3 nitrogen and oxygen atoms in total. The fourth-order valence-corrected chi connectivity index (χ4v) is 4.10. The average Bonchev–Trinajstić information content (AvgIpc) is 2.57. The molecule has 26 heavy (non-hydrogen) atoms. The van der Waals surface area contributed by atoms with Gasteiger partial charge in [0, 0.05) is 5.92 Å². The Hall–Kier alpha value is -1.23. The fourth-order valence-electron chi connectivity index (χ4n) is 2.62. The lowest BCUT2D eigenvalue weighted by Crippen LogP contribution is -2.47. The number of rotatable bonds is 10. The first-order chi connectivity index (χ1) is 12.1. The second kappa shape index (κ2) is 10.2.